The van der Waals surface area contributed by atoms with E-state index >= 15 is 0 Å². The molecule has 1 heterocycles. The quantitative estimate of drug-likeness (QED) is 0.899. The van der Waals surface area contributed by atoms with Crippen LogP contribution in [-0.4, -0.2) is 48.6 Å². The molecule has 0 spiro atoms. The van der Waals surface area contributed by atoms with E-state index in [4.69, 9.17) is 11.6 Å². The number of thioether (sulfide) groups is 1. The third kappa shape index (κ3) is 3.91. The molecule has 0 aromatic heterocycles. The summed E-state index contributed by atoms with van der Waals surface area (Å²) in [6, 6.07) is 9.08. The molecule has 20 heavy (non-hydrogen) atoms. The standard InChI is InChI=1S/C16H23ClN2S/c17-15-3-1-13(2-4-15)14-11-16(12-14)18-5-6-19-7-9-20-10-8-19/h1-4,14,16,18H,5-12H2. The molecule has 1 N–H and O–H groups in total. The molecule has 1 saturated heterocycles. The predicted molar refractivity (Wildman–Crippen MR) is 89.0 cm³/mol. The van der Waals surface area contributed by atoms with Gasteiger partial charge in [0.2, 0.25) is 0 Å². The zero-order valence-corrected chi connectivity index (χ0v) is 13.4. The van der Waals surface area contributed by atoms with Crippen LogP contribution >= 0.6 is 23.4 Å². The van der Waals surface area contributed by atoms with Gasteiger partial charge >= 0.3 is 0 Å². The second-order valence-corrected chi connectivity index (χ2v) is 7.49. The van der Waals surface area contributed by atoms with Crippen LogP contribution in [0.2, 0.25) is 5.02 Å². The van der Waals surface area contributed by atoms with Gasteiger partial charge in [-0.25, -0.2) is 0 Å². The van der Waals surface area contributed by atoms with Gasteiger partial charge in [0.05, 0.1) is 0 Å². The number of nitrogens with zero attached hydrogens (tertiary/aromatic N) is 1. The molecule has 1 aliphatic carbocycles. The highest BCUT2D eigenvalue weighted by molar-refractivity contribution is 7.99. The summed E-state index contributed by atoms with van der Waals surface area (Å²) in [6.07, 6.45) is 2.55. The van der Waals surface area contributed by atoms with E-state index in [1.807, 2.05) is 12.1 Å². The topological polar surface area (TPSA) is 15.3 Å². The lowest BCUT2D eigenvalue weighted by Crippen LogP contribution is -2.44. The Hall–Kier alpha value is -0.220. The largest absolute Gasteiger partial charge is 0.313 e. The third-order valence-corrected chi connectivity index (χ3v) is 5.64. The highest BCUT2D eigenvalue weighted by Gasteiger charge is 2.29. The minimum Gasteiger partial charge on any atom is -0.313 e. The van der Waals surface area contributed by atoms with Crippen LogP contribution in [0.1, 0.15) is 24.3 Å². The van der Waals surface area contributed by atoms with Crippen LogP contribution in [0.5, 0.6) is 0 Å². The molecule has 1 aliphatic heterocycles. The summed E-state index contributed by atoms with van der Waals surface area (Å²) in [5.74, 6) is 3.35. The second kappa shape index (κ2) is 7.17. The fraction of sp³-hybridized carbons (Fsp3) is 0.625. The average molecular weight is 311 g/mol. The lowest BCUT2D eigenvalue weighted by atomic mass is 9.76. The Balaban J connectivity index is 1.33. The second-order valence-electron chi connectivity index (χ2n) is 5.82. The van der Waals surface area contributed by atoms with E-state index in [9.17, 15) is 0 Å². The SMILES string of the molecule is Clc1ccc(C2CC(NCCN3CCSCC3)C2)cc1. The van der Waals surface area contributed by atoms with Crippen LogP contribution in [0, 0.1) is 0 Å². The number of nitrogens with one attached hydrogen (secondary N) is 1. The summed E-state index contributed by atoms with van der Waals surface area (Å²) in [6.45, 7) is 4.89. The van der Waals surface area contributed by atoms with Crippen molar-refractivity contribution in [1.82, 2.24) is 10.2 Å². The summed E-state index contributed by atoms with van der Waals surface area (Å²) in [7, 11) is 0. The van der Waals surface area contributed by atoms with Gasteiger partial charge < -0.3 is 10.2 Å². The zero-order valence-electron chi connectivity index (χ0n) is 11.9. The Bertz CT molecular complexity index is 411. The van der Waals surface area contributed by atoms with Gasteiger partial charge in [0, 0.05) is 48.7 Å². The number of halogens is 1. The molecule has 2 aliphatic rings. The summed E-state index contributed by atoms with van der Waals surface area (Å²) in [4.78, 5) is 2.58. The van der Waals surface area contributed by atoms with E-state index in [0.717, 1.165) is 23.5 Å². The number of rotatable bonds is 5. The molecule has 0 bridgehead atoms. The van der Waals surface area contributed by atoms with E-state index in [1.165, 1.54) is 49.5 Å². The molecule has 0 radical (unpaired) electrons. The van der Waals surface area contributed by atoms with Crippen molar-refractivity contribution in [2.75, 3.05) is 37.7 Å². The van der Waals surface area contributed by atoms with Gasteiger partial charge in [-0.3, -0.25) is 0 Å². The van der Waals surface area contributed by atoms with Crippen molar-refractivity contribution in [3.63, 3.8) is 0 Å². The molecule has 0 atom stereocenters. The van der Waals surface area contributed by atoms with Gasteiger partial charge in [0.1, 0.15) is 0 Å². The normalized spacial score (nSPS) is 27.2. The van der Waals surface area contributed by atoms with Crippen molar-refractivity contribution in [3.05, 3.63) is 34.9 Å². The van der Waals surface area contributed by atoms with Gasteiger partial charge in [0.15, 0.2) is 0 Å². The van der Waals surface area contributed by atoms with Crippen molar-refractivity contribution in [3.8, 4) is 0 Å². The van der Waals surface area contributed by atoms with Gasteiger partial charge in [-0.1, -0.05) is 23.7 Å². The number of hydrogen-bond acceptors (Lipinski definition) is 3. The van der Waals surface area contributed by atoms with E-state index in [2.05, 4.69) is 34.1 Å². The Morgan fingerprint density at radius 2 is 1.85 bits per heavy atom. The Labute approximate surface area is 131 Å². The van der Waals surface area contributed by atoms with Gasteiger partial charge in [0.25, 0.3) is 0 Å². The molecule has 3 rings (SSSR count). The van der Waals surface area contributed by atoms with Crippen molar-refractivity contribution >= 4 is 23.4 Å². The fourth-order valence-electron chi connectivity index (χ4n) is 3.04. The van der Waals surface area contributed by atoms with Gasteiger partial charge in [-0.05, 0) is 36.5 Å². The monoisotopic (exact) mass is 310 g/mol. The molecule has 2 fully saturated rings. The average Bonchev–Trinajstić information content (AvgIpc) is 2.44. The van der Waals surface area contributed by atoms with Gasteiger partial charge in [-0.15, -0.1) is 0 Å². The van der Waals surface area contributed by atoms with Crippen LogP contribution in [0.25, 0.3) is 0 Å². The predicted octanol–water partition coefficient (Wildman–Crippen LogP) is 3.22. The molecule has 1 aromatic rings. The first-order chi connectivity index (χ1) is 9.81. The van der Waals surface area contributed by atoms with Crippen LogP contribution < -0.4 is 5.32 Å². The third-order valence-electron chi connectivity index (χ3n) is 4.44. The lowest BCUT2D eigenvalue weighted by Gasteiger charge is -2.37. The first kappa shape index (κ1) is 14.7. The maximum Gasteiger partial charge on any atom is 0.0406 e. The maximum absolute atomic E-state index is 5.93. The zero-order chi connectivity index (χ0) is 13.8. The number of hydrogen-bond donors (Lipinski definition) is 1. The minimum absolute atomic E-state index is 0.717. The smallest absolute Gasteiger partial charge is 0.0406 e. The molecule has 1 aromatic carbocycles. The number of benzene rings is 1. The molecular weight excluding hydrogens is 288 g/mol. The molecule has 1 saturated carbocycles. The lowest BCUT2D eigenvalue weighted by molar-refractivity contribution is 0.255. The highest BCUT2D eigenvalue weighted by Crippen LogP contribution is 2.37. The van der Waals surface area contributed by atoms with Crippen molar-refractivity contribution in [1.29, 1.82) is 0 Å². The molecule has 2 nitrogen and oxygen atoms in total. The van der Waals surface area contributed by atoms with Crippen LogP contribution in [0.15, 0.2) is 24.3 Å². The maximum atomic E-state index is 5.93. The first-order valence-corrected chi connectivity index (χ1v) is 9.13. The molecule has 4 heteroatoms. The summed E-state index contributed by atoms with van der Waals surface area (Å²) in [5, 5.41) is 4.54. The van der Waals surface area contributed by atoms with Crippen molar-refractivity contribution < 1.29 is 0 Å². The van der Waals surface area contributed by atoms with E-state index in [1.54, 1.807) is 0 Å². The van der Waals surface area contributed by atoms with E-state index < -0.39 is 0 Å². The summed E-state index contributed by atoms with van der Waals surface area (Å²) >= 11 is 8.01. The summed E-state index contributed by atoms with van der Waals surface area (Å²) in [5.41, 5.74) is 1.44. The van der Waals surface area contributed by atoms with E-state index in [0.29, 0.717) is 0 Å². The fourth-order valence-corrected chi connectivity index (χ4v) is 4.15. The first-order valence-electron chi connectivity index (χ1n) is 7.60. The highest BCUT2D eigenvalue weighted by atomic mass is 35.5. The van der Waals surface area contributed by atoms with Crippen LogP contribution in [0.3, 0.4) is 0 Å². The summed E-state index contributed by atoms with van der Waals surface area (Å²) < 4.78 is 0. The Morgan fingerprint density at radius 1 is 1.15 bits per heavy atom. The minimum atomic E-state index is 0.717. The van der Waals surface area contributed by atoms with Crippen molar-refractivity contribution in [2.45, 2.75) is 24.8 Å². The molecule has 0 amide bonds. The molecular formula is C16H23ClN2S. The van der Waals surface area contributed by atoms with Crippen molar-refractivity contribution in [2.24, 2.45) is 0 Å². The van der Waals surface area contributed by atoms with Crippen LogP contribution in [0.4, 0.5) is 0 Å². The Kier molecular flexibility index (Phi) is 5.27. The molecule has 0 unspecified atom stereocenters. The van der Waals surface area contributed by atoms with Gasteiger partial charge in [-0.2, -0.15) is 11.8 Å². The van der Waals surface area contributed by atoms with Crippen LogP contribution in [-0.2, 0) is 0 Å². The van der Waals surface area contributed by atoms with E-state index in [-0.39, 0.29) is 0 Å². The Morgan fingerprint density at radius 3 is 2.55 bits per heavy atom. The molecule has 110 valence electrons.